The molecule has 0 aromatic carbocycles. The first-order valence-corrected chi connectivity index (χ1v) is 4.69. The summed E-state index contributed by atoms with van der Waals surface area (Å²) in [5.41, 5.74) is 7.51. The number of furan rings is 1. The Balaban J connectivity index is 2.70. The molecule has 0 bridgehead atoms. The van der Waals surface area contributed by atoms with Crippen molar-refractivity contribution in [3.05, 3.63) is 46.1 Å². The van der Waals surface area contributed by atoms with Gasteiger partial charge in [-0.2, -0.15) is 0 Å². The number of nitrogens with one attached hydrogen (secondary N) is 1. The second-order valence-electron chi connectivity index (χ2n) is 3.36. The largest absolute Gasteiger partial charge is 0.464 e. The van der Waals surface area contributed by atoms with Gasteiger partial charge in [0.15, 0.2) is 0 Å². The standard InChI is InChI=1S/C11H12N2O2/c1-7-5-8(10-3-2-4-15-10)9(6-12)11(14)13-7/h2-5H,6,12H2,1H3,(H,13,14). The van der Waals surface area contributed by atoms with Gasteiger partial charge in [-0.3, -0.25) is 4.79 Å². The minimum absolute atomic E-state index is 0.149. The third-order valence-electron chi connectivity index (χ3n) is 2.26. The number of H-pyrrole nitrogens is 1. The summed E-state index contributed by atoms with van der Waals surface area (Å²) in [5.74, 6) is 0.671. The van der Waals surface area contributed by atoms with Crippen LogP contribution >= 0.6 is 0 Å². The van der Waals surface area contributed by atoms with Gasteiger partial charge >= 0.3 is 0 Å². The molecule has 15 heavy (non-hydrogen) atoms. The lowest BCUT2D eigenvalue weighted by atomic mass is 10.1. The number of aryl methyl sites for hydroxylation is 1. The van der Waals surface area contributed by atoms with Gasteiger partial charge in [-0.1, -0.05) is 0 Å². The van der Waals surface area contributed by atoms with Gasteiger partial charge in [0.25, 0.3) is 5.56 Å². The molecule has 0 unspecified atom stereocenters. The van der Waals surface area contributed by atoms with Gasteiger partial charge in [-0.25, -0.2) is 0 Å². The van der Waals surface area contributed by atoms with Crippen molar-refractivity contribution in [2.24, 2.45) is 5.73 Å². The van der Waals surface area contributed by atoms with Crippen molar-refractivity contribution in [1.29, 1.82) is 0 Å². The average molecular weight is 204 g/mol. The molecule has 0 atom stereocenters. The second-order valence-corrected chi connectivity index (χ2v) is 3.36. The van der Waals surface area contributed by atoms with Crippen LogP contribution in [0.3, 0.4) is 0 Å². The van der Waals surface area contributed by atoms with E-state index in [1.165, 1.54) is 0 Å². The molecule has 0 spiro atoms. The molecule has 4 nitrogen and oxygen atoms in total. The quantitative estimate of drug-likeness (QED) is 0.776. The molecule has 0 saturated heterocycles. The first-order chi connectivity index (χ1) is 7.22. The number of hydrogen-bond acceptors (Lipinski definition) is 3. The highest BCUT2D eigenvalue weighted by Gasteiger charge is 2.10. The maximum absolute atomic E-state index is 11.6. The number of aromatic amines is 1. The summed E-state index contributed by atoms with van der Waals surface area (Å²) in [4.78, 5) is 14.3. The number of pyridine rings is 1. The molecule has 2 rings (SSSR count). The van der Waals surface area contributed by atoms with Crippen molar-refractivity contribution < 1.29 is 4.42 Å². The fourth-order valence-corrected chi connectivity index (χ4v) is 1.57. The van der Waals surface area contributed by atoms with Crippen molar-refractivity contribution >= 4 is 0 Å². The molecule has 0 saturated carbocycles. The van der Waals surface area contributed by atoms with Crippen LogP contribution in [-0.4, -0.2) is 4.98 Å². The van der Waals surface area contributed by atoms with Crippen molar-refractivity contribution in [2.45, 2.75) is 13.5 Å². The van der Waals surface area contributed by atoms with Crippen LogP contribution in [0.5, 0.6) is 0 Å². The van der Waals surface area contributed by atoms with Gasteiger partial charge in [0, 0.05) is 23.4 Å². The molecular weight excluding hydrogens is 192 g/mol. The average Bonchev–Trinajstić information content (AvgIpc) is 2.69. The molecule has 0 amide bonds. The topological polar surface area (TPSA) is 72.0 Å². The Morgan fingerprint density at radius 3 is 2.93 bits per heavy atom. The van der Waals surface area contributed by atoms with E-state index in [0.717, 1.165) is 11.3 Å². The van der Waals surface area contributed by atoms with E-state index in [-0.39, 0.29) is 12.1 Å². The molecule has 0 aliphatic carbocycles. The summed E-state index contributed by atoms with van der Waals surface area (Å²) in [7, 11) is 0. The molecule has 0 aliphatic heterocycles. The van der Waals surface area contributed by atoms with Gasteiger partial charge in [-0.05, 0) is 25.1 Å². The summed E-state index contributed by atoms with van der Waals surface area (Å²) < 4.78 is 5.26. The first-order valence-electron chi connectivity index (χ1n) is 4.69. The van der Waals surface area contributed by atoms with Crippen LogP contribution in [0.1, 0.15) is 11.3 Å². The van der Waals surface area contributed by atoms with Crippen molar-refractivity contribution in [3.8, 4) is 11.3 Å². The van der Waals surface area contributed by atoms with Gasteiger partial charge in [0.2, 0.25) is 0 Å². The van der Waals surface area contributed by atoms with E-state index in [1.807, 2.05) is 19.1 Å². The molecule has 4 heteroatoms. The summed E-state index contributed by atoms with van der Waals surface area (Å²) in [6.45, 7) is 2.03. The van der Waals surface area contributed by atoms with E-state index >= 15 is 0 Å². The SMILES string of the molecule is Cc1cc(-c2ccco2)c(CN)c(=O)[nH]1. The molecule has 2 heterocycles. The Labute approximate surface area is 86.7 Å². The predicted octanol–water partition coefficient (Wildman–Crippen LogP) is 1.40. The van der Waals surface area contributed by atoms with Crippen LogP contribution in [0.25, 0.3) is 11.3 Å². The molecule has 0 radical (unpaired) electrons. The Morgan fingerprint density at radius 1 is 1.53 bits per heavy atom. The van der Waals surface area contributed by atoms with Crippen LogP contribution in [0.15, 0.2) is 33.7 Å². The van der Waals surface area contributed by atoms with Gasteiger partial charge in [0.1, 0.15) is 5.76 Å². The maximum Gasteiger partial charge on any atom is 0.253 e. The maximum atomic E-state index is 11.6. The molecule has 78 valence electrons. The molecule has 0 fully saturated rings. The highest BCUT2D eigenvalue weighted by Crippen LogP contribution is 2.22. The van der Waals surface area contributed by atoms with Crippen LogP contribution in [0, 0.1) is 6.92 Å². The predicted molar refractivity (Wildman–Crippen MR) is 57.4 cm³/mol. The molecule has 0 aliphatic rings. The summed E-state index contributed by atoms with van der Waals surface area (Å²) in [5, 5.41) is 0. The number of hydrogen-bond donors (Lipinski definition) is 2. The van der Waals surface area contributed by atoms with Crippen LogP contribution < -0.4 is 11.3 Å². The summed E-state index contributed by atoms with van der Waals surface area (Å²) in [6, 6.07) is 5.46. The van der Waals surface area contributed by atoms with Crippen LogP contribution in [0.4, 0.5) is 0 Å². The zero-order chi connectivity index (χ0) is 10.8. The summed E-state index contributed by atoms with van der Waals surface area (Å²) in [6.07, 6.45) is 1.58. The minimum atomic E-state index is -0.149. The van der Waals surface area contributed by atoms with Crippen molar-refractivity contribution in [2.75, 3.05) is 0 Å². The normalized spacial score (nSPS) is 10.5. The third kappa shape index (κ3) is 1.71. The minimum Gasteiger partial charge on any atom is -0.464 e. The van der Waals surface area contributed by atoms with E-state index in [4.69, 9.17) is 10.2 Å². The lowest BCUT2D eigenvalue weighted by Gasteiger charge is -2.05. The lowest BCUT2D eigenvalue weighted by Crippen LogP contribution is -2.18. The first kappa shape index (κ1) is 9.73. The van der Waals surface area contributed by atoms with E-state index in [2.05, 4.69) is 4.98 Å². The van der Waals surface area contributed by atoms with E-state index in [9.17, 15) is 4.79 Å². The molecular formula is C11H12N2O2. The van der Waals surface area contributed by atoms with Crippen molar-refractivity contribution in [3.63, 3.8) is 0 Å². The van der Waals surface area contributed by atoms with E-state index < -0.39 is 0 Å². The highest BCUT2D eigenvalue weighted by atomic mass is 16.3. The van der Waals surface area contributed by atoms with Crippen LogP contribution in [-0.2, 0) is 6.54 Å². The number of aromatic nitrogens is 1. The Kier molecular flexibility index (Phi) is 2.43. The highest BCUT2D eigenvalue weighted by molar-refractivity contribution is 5.61. The van der Waals surface area contributed by atoms with Crippen LogP contribution in [0.2, 0.25) is 0 Å². The van der Waals surface area contributed by atoms with E-state index in [1.54, 1.807) is 12.3 Å². The summed E-state index contributed by atoms with van der Waals surface area (Å²) >= 11 is 0. The molecule has 2 aromatic rings. The fraction of sp³-hybridized carbons (Fsp3) is 0.182. The van der Waals surface area contributed by atoms with Gasteiger partial charge in [0.05, 0.1) is 6.26 Å². The smallest absolute Gasteiger partial charge is 0.253 e. The number of rotatable bonds is 2. The van der Waals surface area contributed by atoms with Gasteiger partial charge < -0.3 is 15.1 Å². The Morgan fingerprint density at radius 2 is 2.33 bits per heavy atom. The van der Waals surface area contributed by atoms with Gasteiger partial charge in [-0.15, -0.1) is 0 Å². The van der Waals surface area contributed by atoms with Crippen molar-refractivity contribution in [1.82, 2.24) is 4.98 Å². The molecule has 3 N–H and O–H groups in total. The Bertz CT molecular complexity index is 512. The Hall–Kier alpha value is -1.81. The lowest BCUT2D eigenvalue weighted by molar-refractivity contribution is 0.581. The monoisotopic (exact) mass is 204 g/mol. The second kappa shape index (κ2) is 3.74. The number of nitrogens with two attached hydrogens (primary N) is 1. The zero-order valence-corrected chi connectivity index (χ0v) is 8.41. The van der Waals surface area contributed by atoms with E-state index in [0.29, 0.717) is 11.3 Å². The molecule has 2 aromatic heterocycles. The fourth-order valence-electron chi connectivity index (χ4n) is 1.57. The zero-order valence-electron chi connectivity index (χ0n) is 8.41. The third-order valence-corrected chi connectivity index (χ3v) is 2.26.